The molecule has 1 amide bonds. The van der Waals surface area contributed by atoms with E-state index < -0.39 is 0 Å². The van der Waals surface area contributed by atoms with E-state index in [1.54, 1.807) is 12.1 Å². The van der Waals surface area contributed by atoms with Crippen LogP contribution in [0.2, 0.25) is 0 Å². The first-order valence-electron chi connectivity index (χ1n) is 4.58. The van der Waals surface area contributed by atoms with Crippen molar-refractivity contribution >= 4 is 21.8 Å². The molecule has 4 heteroatoms. The van der Waals surface area contributed by atoms with Crippen LogP contribution in [0.1, 0.15) is 29.7 Å². The Morgan fingerprint density at radius 2 is 2.36 bits per heavy atom. The monoisotopic (exact) mass is 259 g/mol. The van der Waals surface area contributed by atoms with E-state index in [9.17, 15) is 4.79 Å². The van der Waals surface area contributed by atoms with Gasteiger partial charge in [-0.05, 0) is 25.5 Å². The largest absolute Gasteiger partial charge is 0.456 e. The van der Waals surface area contributed by atoms with Crippen LogP contribution in [0.3, 0.4) is 0 Å². The van der Waals surface area contributed by atoms with Gasteiger partial charge in [-0.1, -0.05) is 22.9 Å². The van der Waals surface area contributed by atoms with Crippen molar-refractivity contribution in [3.05, 3.63) is 23.7 Å². The van der Waals surface area contributed by atoms with E-state index in [0.717, 1.165) is 12.2 Å². The van der Waals surface area contributed by atoms with Crippen LogP contribution < -0.4 is 5.32 Å². The zero-order valence-corrected chi connectivity index (χ0v) is 9.93. The van der Waals surface area contributed by atoms with Crippen molar-refractivity contribution in [3.8, 4) is 0 Å². The number of halogens is 1. The molecule has 78 valence electrons. The molecule has 0 aliphatic heterocycles. The maximum atomic E-state index is 11.4. The molecule has 3 nitrogen and oxygen atoms in total. The minimum Gasteiger partial charge on any atom is -0.456 e. The molecule has 1 aromatic heterocycles. The van der Waals surface area contributed by atoms with E-state index in [1.165, 1.54) is 0 Å². The van der Waals surface area contributed by atoms with Gasteiger partial charge in [0.15, 0.2) is 5.76 Å². The van der Waals surface area contributed by atoms with Gasteiger partial charge in [-0.25, -0.2) is 0 Å². The molecule has 0 spiro atoms. The van der Waals surface area contributed by atoms with Crippen LogP contribution in [0.15, 0.2) is 16.5 Å². The number of carbonyl (C=O) groups excluding carboxylic acids is 1. The van der Waals surface area contributed by atoms with Gasteiger partial charge in [-0.15, -0.1) is 0 Å². The second-order valence-electron chi connectivity index (χ2n) is 3.24. The molecule has 0 aliphatic rings. The second-order valence-corrected chi connectivity index (χ2v) is 4.80. The van der Waals surface area contributed by atoms with Crippen LogP contribution in [-0.2, 0) is 0 Å². The predicted octanol–water partition coefficient (Wildman–Crippen LogP) is 2.49. The van der Waals surface area contributed by atoms with Crippen molar-refractivity contribution in [1.29, 1.82) is 0 Å². The average Bonchev–Trinajstić information content (AvgIpc) is 2.51. The zero-order valence-electron chi connectivity index (χ0n) is 8.34. The van der Waals surface area contributed by atoms with E-state index in [-0.39, 0.29) is 5.91 Å². The summed E-state index contributed by atoms with van der Waals surface area (Å²) in [6.07, 6.45) is 0.908. The number of furan rings is 1. The molecule has 14 heavy (non-hydrogen) atoms. The second kappa shape index (κ2) is 5.20. The van der Waals surface area contributed by atoms with Crippen molar-refractivity contribution in [2.45, 2.75) is 25.1 Å². The van der Waals surface area contributed by atoms with Crippen molar-refractivity contribution < 1.29 is 9.21 Å². The summed E-state index contributed by atoms with van der Waals surface area (Å²) < 4.78 is 5.18. The summed E-state index contributed by atoms with van der Waals surface area (Å²) in [5.74, 6) is 0.986. The van der Waals surface area contributed by atoms with Crippen LogP contribution in [0.4, 0.5) is 0 Å². The predicted molar refractivity (Wildman–Crippen MR) is 58.8 cm³/mol. The first-order chi connectivity index (χ1) is 6.59. The SMILES string of the molecule is Cc1ccc(C(=O)NCCC(C)Br)o1. The zero-order chi connectivity index (χ0) is 10.6. The molecule has 0 aliphatic carbocycles. The molecule has 0 fully saturated rings. The number of carbonyl (C=O) groups is 1. The van der Waals surface area contributed by atoms with Gasteiger partial charge in [-0.3, -0.25) is 4.79 Å². The van der Waals surface area contributed by atoms with Crippen LogP contribution in [0, 0.1) is 6.92 Å². The molecule has 1 heterocycles. The van der Waals surface area contributed by atoms with Gasteiger partial charge in [0.25, 0.3) is 5.91 Å². The maximum Gasteiger partial charge on any atom is 0.286 e. The Bertz CT molecular complexity index is 307. The third-order valence-electron chi connectivity index (χ3n) is 1.79. The lowest BCUT2D eigenvalue weighted by Gasteiger charge is -2.04. The quantitative estimate of drug-likeness (QED) is 0.845. The smallest absolute Gasteiger partial charge is 0.286 e. The summed E-state index contributed by atoms with van der Waals surface area (Å²) >= 11 is 3.41. The third-order valence-corrected chi connectivity index (χ3v) is 2.25. The van der Waals surface area contributed by atoms with Crippen molar-refractivity contribution in [3.63, 3.8) is 0 Å². The normalized spacial score (nSPS) is 12.5. The summed E-state index contributed by atoms with van der Waals surface area (Å²) in [5.41, 5.74) is 0. The Morgan fingerprint density at radius 1 is 1.64 bits per heavy atom. The Balaban J connectivity index is 2.36. The molecule has 1 rings (SSSR count). The van der Waals surface area contributed by atoms with Gasteiger partial charge in [-0.2, -0.15) is 0 Å². The summed E-state index contributed by atoms with van der Waals surface area (Å²) in [6.45, 7) is 4.52. The Morgan fingerprint density at radius 3 is 2.86 bits per heavy atom. The number of hydrogen-bond donors (Lipinski definition) is 1. The highest BCUT2D eigenvalue weighted by Gasteiger charge is 2.08. The standard InChI is InChI=1S/C10H14BrNO2/c1-7(11)5-6-12-10(13)9-4-3-8(2)14-9/h3-4,7H,5-6H2,1-2H3,(H,12,13). The van der Waals surface area contributed by atoms with Gasteiger partial charge >= 0.3 is 0 Å². The molecule has 0 radical (unpaired) electrons. The lowest BCUT2D eigenvalue weighted by Crippen LogP contribution is -2.25. The molecular weight excluding hydrogens is 246 g/mol. The molecule has 0 bridgehead atoms. The van der Waals surface area contributed by atoms with E-state index in [1.807, 2.05) is 13.8 Å². The molecule has 1 unspecified atom stereocenters. The Hall–Kier alpha value is -0.770. The van der Waals surface area contributed by atoms with E-state index in [2.05, 4.69) is 21.2 Å². The topological polar surface area (TPSA) is 42.2 Å². The van der Waals surface area contributed by atoms with Gasteiger partial charge in [0.05, 0.1) is 0 Å². The van der Waals surface area contributed by atoms with Crippen molar-refractivity contribution in [2.24, 2.45) is 0 Å². The fourth-order valence-electron chi connectivity index (χ4n) is 1.03. The van der Waals surface area contributed by atoms with Gasteiger partial charge in [0.1, 0.15) is 5.76 Å². The van der Waals surface area contributed by atoms with Gasteiger partial charge in [0, 0.05) is 11.4 Å². The Kier molecular flexibility index (Phi) is 4.20. The summed E-state index contributed by atoms with van der Waals surface area (Å²) in [4.78, 5) is 11.8. The van der Waals surface area contributed by atoms with E-state index in [0.29, 0.717) is 17.1 Å². The number of amides is 1. The van der Waals surface area contributed by atoms with Gasteiger partial charge in [0.2, 0.25) is 0 Å². The summed E-state index contributed by atoms with van der Waals surface area (Å²) in [5, 5.41) is 2.78. The van der Waals surface area contributed by atoms with E-state index >= 15 is 0 Å². The van der Waals surface area contributed by atoms with Crippen molar-refractivity contribution in [1.82, 2.24) is 5.32 Å². The fraction of sp³-hybridized carbons (Fsp3) is 0.500. The lowest BCUT2D eigenvalue weighted by atomic mass is 10.3. The van der Waals surface area contributed by atoms with Crippen LogP contribution in [0.5, 0.6) is 0 Å². The fourth-order valence-corrected chi connectivity index (χ4v) is 1.26. The number of alkyl halides is 1. The van der Waals surface area contributed by atoms with Crippen LogP contribution in [-0.4, -0.2) is 17.3 Å². The van der Waals surface area contributed by atoms with Crippen molar-refractivity contribution in [2.75, 3.05) is 6.54 Å². The number of nitrogens with one attached hydrogen (secondary N) is 1. The third kappa shape index (κ3) is 3.54. The minimum absolute atomic E-state index is 0.147. The molecule has 1 atom stereocenters. The van der Waals surface area contributed by atoms with Gasteiger partial charge < -0.3 is 9.73 Å². The first kappa shape index (κ1) is 11.3. The minimum atomic E-state index is -0.147. The number of rotatable bonds is 4. The Labute approximate surface area is 92.0 Å². The summed E-state index contributed by atoms with van der Waals surface area (Å²) in [6, 6.07) is 3.46. The average molecular weight is 260 g/mol. The van der Waals surface area contributed by atoms with Crippen LogP contribution >= 0.6 is 15.9 Å². The lowest BCUT2D eigenvalue weighted by molar-refractivity contribution is 0.0924. The highest BCUT2D eigenvalue weighted by atomic mass is 79.9. The molecular formula is C10H14BrNO2. The number of hydrogen-bond acceptors (Lipinski definition) is 2. The molecule has 1 aromatic rings. The maximum absolute atomic E-state index is 11.4. The molecule has 0 aromatic carbocycles. The number of aryl methyl sites for hydroxylation is 1. The first-order valence-corrected chi connectivity index (χ1v) is 5.50. The molecule has 1 N–H and O–H groups in total. The van der Waals surface area contributed by atoms with E-state index in [4.69, 9.17) is 4.42 Å². The summed E-state index contributed by atoms with van der Waals surface area (Å²) in [7, 11) is 0. The highest BCUT2D eigenvalue weighted by Crippen LogP contribution is 2.06. The van der Waals surface area contributed by atoms with Crippen LogP contribution in [0.25, 0.3) is 0 Å². The molecule has 0 saturated heterocycles. The highest BCUT2D eigenvalue weighted by molar-refractivity contribution is 9.09. The molecule has 0 saturated carbocycles.